The summed E-state index contributed by atoms with van der Waals surface area (Å²) >= 11 is 0. The number of hydrogen-bond donors (Lipinski definition) is 1. The molecule has 2 aromatic carbocycles. The first-order chi connectivity index (χ1) is 13.6. The van der Waals surface area contributed by atoms with Crippen LogP contribution in [0.3, 0.4) is 0 Å². The summed E-state index contributed by atoms with van der Waals surface area (Å²) in [7, 11) is 0. The number of piperidine rings is 1. The highest BCUT2D eigenvalue weighted by molar-refractivity contribution is 5.94. The zero-order valence-corrected chi connectivity index (χ0v) is 15.8. The van der Waals surface area contributed by atoms with Crippen LogP contribution in [0.1, 0.15) is 30.1 Å². The molecule has 0 aliphatic carbocycles. The van der Waals surface area contributed by atoms with Gasteiger partial charge in [-0.15, -0.1) is 0 Å². The fraction of sp³-hybridized carbons (Fsp3) is 0.364. The number of nitrogens with zero attached hydrogens (tertiary/aromatic N) is 1. The van der Waals surface area contributed by atoms with Gasteiger partial charge >= 0.3 is 0 Å². The van der Waals surface area contributed by atoms with E-state index in [1.165, 1.54) is 0 Å². The smallest absolute Gasteiger partial charge is 0.267 e. The number of rotatable bonds is 3. The molecule has 6 nitrogen and oxygen atoms in total. The van der Waals surface area contributed by atoms with Crippen LogP contribution in [-0.2, 0) is 4.79 Å². The van der Waals surface area contributed by atoms with E-state index in [-0.39, 0.29) is 24.0 Å². The lowest BCUT2D eigenvalue weighted by molar-refractivity contribution is -0.145. The lowest BCUT2D eigenvalue weighted by atomic mass is 10.0. The normalized spacial score (nSPS) is 21.8. The molecule has 1 N–H and O–H groups in total. The van der Waals surface area contributed by atoms with Gasteiger partial charge in [0.05, 0.1) is 0 Å². The molecule has 2 aliphatic heterocycles. The maximum Gasteiger partial charge on any atom is 0.267 e. The number of nitrogens with one attached hydrogen (secondary N) is 1. The van der Waals surface area contributed by atoms with Crippen molar-refractivity contribution in [3.8, 4) is 11.5 Å². The van der Waals surface area contributed by atoms with Crippen molar-refractivity contribution in [3.63, 3.8) is 0 Å². The topological polar surface area (TPSA) is 67.9 Å². The Balaban J connectivity index is 1.32. The van der Waals surface area contributed by atoms with E-state index >= 15 is 0 Å². The Kier molecular flexibility index (Phi) is 5.19. The van der Waals surface area contributed by atoms with E-state index in [0.29, 0.717) is 30.2 Å². The van der Waals surface area contributed by atoms with Gasteiger partial charge in [0.25, 0.3) is 11.8 Å². The Bertz CT molecular complexity index is 847. The molecule has 2 aromatic rings. The summed E-state index contributed by atoms with van der Waals surface area (Å²) in [5.41, 5.74) is 0.654. The standard InChI is InChI=1S/C22H24N2O4/c1-15-20(28-19-10-6-5-9-18(19)27-15)22(26)24-13-11-17(12-14-24)23-21(25)16-7-3-2-4-8-16/h2-10,15,17,20H,11-14H2,1H3,(H,23,25). The van der Waals surface area contributed by atoms with Crippen molar-refractivity contribution >= 4 is 11.8 Å². The van der Waals surface area contributed by atoms with Crippen molar-refractivity contribution in [2.75, 3.05) is 13.1 Å². The van der Waals surface area contributed by atoms with Gasteiger partial charge in [0, 0.05) is 24.7 Å². The van der Waals surface area contributed by atoms with Crippen LogP contribution in [0.25, 0.3) is 0 Å². The molecule has 0 bridgehead atoms. The molecule has 2 aliphatic rings. The van der Waals surface area contributed by atoms with Gasteiger partial charge in [0.15, 0.2) is 11.5 Å². The number of fused-ring (bicyclic) bond motifs is 1. The molecule has 2 unspecified atom stereocenters. The van der Waals surface area contributed by atoms with Crippen molar-refractivity contribution in [2.45, 2.75) is 38.0 Å². The maximum atomic E-state index is 13.0. The molecule has 2 heterocycles. The Morgan fingerprint density at radius 1 is 0.929 bits per heavy atom. The summed E-state index contributed by atoms with van der Waals surface area (Å²) in [5.74, 6) is 1.14. The summed E-state index contributed by atoms with van der Waals surface area (Å²) in [5, 5.41) is 3.06. The lowest BCUT2D eigenvalue weighted by Gasteiger charge is -2.37. The number of ether oxygens (including phenoxy) is 2. The van der Waals surface area contributed by atoms with Gasteiger partial charge < -0.3 is 19.7 Å². The minimum Gasteiger partial charge on any atom is -0.482 e. The molecule has 2 amide bonds. The van der Waals surface area contributed by atoms with Gasteiger partial charge in [0.1, 0.15) is 6.10 Å². The second-order valence-corrected chi connectivity index (χ2v) is 7.25. The van der Waals surface area contributed by atoms with Crippen LogP contribution in [-0.4, -0.2) is 48.1 Å². The van der Waals surface area contributed by atoms with Crippen molar-refractivity contribution in [1.82, 2.24) is 10.2 Å². The van der Waals surface area contributed by atoms with Crippen molar-refractivity contribution in [2.24, 2.45) is 0 Å². The van der Waals surface area contributed by atoms with Gasteiger partial charge in [-0.05, 0) is 44.0 Å². The molecule has 1 saturated heterocycles. The fourth-order valence-electron chi connectivity index (χ4n) is 3.67. The van der Waals surface area contributed by atoms with Crippen LogP contribution >= 0.6 is 0 Å². The van der Waals surface area contributed by atoms with Crippen LogP contribution in [0.4, 0.5) is 0 Å². The van der Waals surface area contributed by atoms with E-state index in [9.17, 15) is 9.59 Å². The molecule has 4 rings (SSSR count). The number of amides is 2. The Morgan fingerprint density at radius 2 is 1.54 bits per heavy atom. The van der Waals surface area contributed by atoms with Gasteiger partial charge in [-0.2, -0.15) is 0 Å². The molecule has 1 fully saturated rings. The Hall–Kier alpha value is -3.02. The highest BCUT2D eigenvalue weighted by Gasteiger charge is 2.38. The Morgan fingerprint density at radius 3 is 2.21 bits per heavy atom. The molecule has 28 heavy (non-hydrogen) atoms. The first-order valence-electron chi connectivity index (χ1n) is 9.69. The predicted molar refractivity (Wildman–Crippen MR) is 104 cm³/mol. The van der Waals surface area contributed by atoms with Crippen LogP contribution in [0.2, 0.25) is 0 Å². The van der Waals surface area contributed by atoms with E-state index < -0.39 is 6.10 Å². The summed E-state index contributed by atoms with van der Waals surface area (Å²) in [6, 6.07) is 16.6. The summed E-state index contributed by atoms with van der Waals surface area (Å²) in [6.07, 6.45) is 0.453. The molecular formula is C22H24N2O4. The molecule has 0 saturated carbocycles. The largest absolute Gasteiger partial charge is 0.482 e. The number of carbonyl (C=O) groups excluding carboxylic acids is 2. The number of hydrogen-bond acceptors (Lipinski definition) is 4. The quantitative estimate of drug-likeness (QED) is 0.889. The van der Waals surface area contributed by atoms with E-state index in [1.807, 2.05) is 54.3 Å². The highest BCUT2D eigenvalue weighted by atomic mass is 16.6. The number of benzene rings is 2. The van der Waals surface area contributed by atoms with Crippen LogP contribution in [0.5, 0.6) is 11.5 Å². The van der Waals surface area contributed by atoms with Crippen LogP contribution in [0, 0.1) is 0 Å². The zero-order valence-electron chi connectivity index (χ0n) is 15.8. The highest BCUT2D eigenvalue weighted by Crippen LogP contribution is 2.34. The first-order valence-corrected chi connectivity index (χ1v) is 9.69. The predicted octanol–water partition coefficient (Wildman–Crippen LogP) is 2.64. The first kappa shape index (κ1) is 18.3. The summed E-state index contributed by atoms with van der Waals surface area (Å²) in [4.78, 5) is 27.1. The Labute approximate surface area is 164 Å². The van der Waals surface area contributed by atoms with Gasteiger partial charge in [-0.25, -0.2) is 0 Å². The number of para-hydroxylation sites is 2. The molecule has 146 valence electrons. The molecule has 6 heteroatoms. The molecule has 2 atom stereocenters. The average Bonchev–Trinajstić information content (AvgIpc) is 2.74. The minimum atomic E-state index is -0.648. The minimum absolute atomic E-state index is 0.0603. The number of carbonyl (C=O) groups is 2. The van der Waals surface area contributed by atoms with Crippen molar-refractivity contribution in [1.29, 1.82) is 0 Å². The van der Waals surface area contributed by atoms with E-state index in [4.69, 9.17) is 9.47 Å². The summed E-state index contributed by atoms with van der Waals surface area (Å²) < 4.78 is 11.8. The maximum absolute atomic E-state index is 13.0. The second kappa shape index (κ2) is 7.92. The summed E-state index contributed by atoms with van der Waals surface area (Å²) in [6.45, 7) is 3.03. The molecular weight excluding hydrogens is 356 g/mol. The van der Waals surface area contributed by atoms with Gasteiger partial charge in [0.2, 0.25) is 6.10 Å². The monoisotopic (exact) mass is 380 g/mol. The third-order valence-corrected chi connectivity index (χ3v) is 5.26. The van der Waals surface area contributed by atoms with E-state index in [2.05, 4.69) is 5.32 Å². The third-order valence-electron chi connectivity index (χ3n) is 5.26. The zero-order chi connectivity index (χ0) is 19.5. The number of likely N-dealkylation sites (tertiary alicyclic amines) is 1. The molecule has 0 aromatic heterocycles. The van der Waals surface area contributed by atoms with Crippen molar-refractivity contribution < 1.29 is 19.1 Å². The van der Waals surface area contributed by atoms with Crippen LogP contribution in [0.15, 0.2) is 54.6 Å². The average molecular weight is 380 g/mol. The van der Waals surface area contributed by atoms with Gasteiger partial charge in [-0.3, -0.25) is 9.59 Å². The lowest BCUT2D eigenvalue weighted by Crippen LogP contribution is -2.54. The van der Waals surface area contributed by atoms with E-state index in [1.54, 1.807) is 12.1 Å². The fourth-order valence-corrected chi connectivity index (χ4v) is 3.67. The van der Waals surface area contributed by atoms with E-state index in [0.717, 1.165) is 12.8 Å². The second-order valence-electron chi connectivity index (χ2n) is 7.25. The SMILES string of the molecule is CC1Oc2ccccc2OC1C(=O)N1CCC(NC(=O)c2ccccc2)CC1. The van der Waals surface area contributed by atoms with Crippen LogP contribution < -0.4 is 14.8 Å². The van der Waals surface area contributed by atoms with Gasteiger partial charge in [-0.1, -0.05) is 30.3 Å². The molecule has 0 spiro atoms. The molecule has 0 radical (unpaired) electrons. The third kappa shape index (κ3) is 3.81. The van der Waals surface area contributed by atoms with Crippen molar-refractivity contribution in [3.05, 3.63) is 60.2 Å².